The van der Waals surface area contributed by atoms with Crippen molar-refractivity contribution in [1.82, 2.24) is 18.5 Å². The van der Waals surface area contributed by atoms with Crippen LogP contribution in [0.25, 0.3) is 22.2 Å². The van der Waals surface area contributed by atoms with Gasteiger partial charge in [0.2, 0.25) is 0 Å². The summed E-state index contributed by atoms with van der Waals surface area (Å²) in [5.74, 6) is -1.69. The molecular formula is C26H20F2N4O2S. The van der Waals surface area contributed by atoms with E-state index in [1.54, 1.807) is 25.1 Å². The molecule has 2 heterocycles. The van der Waals surface area contributed by atoms with Gasteiger partial charge in [-0.15, -0.1) is 0 Å². The molecule has 0 aliphatic rings. The fourth-order valence-electron chi connectivity index (χ4n) is 4.28. The van der Waals surface area contributed by atoms with Gasteiger partial charge in [-0.05, 0) is 49.6 Å². The number of aryl methyl sites for hydroxylation is 2. The number of rotatable bonds is 6. The lowest BCUT2D eigenvalue weighted by molar-refractivity contribution is 0.434. The van der Waals surface area contributed by atoms with Gasteiger partial charge in [0.05, 0.1) is 24.0 Å². The number of phenols is 1. The van der Waals surface area contributed by atoms with Crippen molar-refractivity contribution in [2.75, 3.05) is 0 Å². The molecular weight excluding hydrogens is 470 g/mol. The summed E-state index contributed by atoms with van der Waals surface area (Å²) in [4.78, 5) is 13.7. The molecule has 0 unspecified atom stereocenters. The molecule has 0 amide bonds. The first-order valence-corrected chi connectivity index (χ1v) is 11.7. The molecule has 0 atom stereocenters. The second-order valence-corrected chi connectivity index (χ2v) is 8.75. The summed E-state index contributed by atoms with van der Waals surface area (Å²) >= 11 is 1.10. The van der Waals surface area contributed by atoms with Crippen molar-refractivity contribution < 1.29 is 13.9 Å². The molecule has 176 valence electrons. The molecule has 0 saturated heterocycles. The number of para-hydroxylation sites is 1. The molecule has 9 heteroatoms. The Morgan fingerprint density at radius 1 is 1.00 bits per heavy atom. The number of hydrogen-bond acceptors (Lipinski definition) is 6. The third-order valence-corrected chi connectivity index (χ3v) is 6.47. The van der Waals surface area contributed by atoms with E-state index in [0.29, 0.717) is 28.8 Å². The van der Waals surface area contributed by atoms with Crippen LogP contribution in [0.5, 0.6) is 5.75 Å². The number of aromatic hydroxyl groups is 1. The van der Waals surface area contributed by atoms with E-state index in [1.807, 2.05) is 18.2 Å². The molecule has 1 N–H and O–H groups in total. The van der Waals surface area contributed by atoms with E-state index in [4.69, 9.17) is 0 Å². The van der Waals surface area contributed by atoms with Gasteiger partial charge < -0.3 is 5.11 Å². The molecule has 2 aromatic heterocycles. The molecule has 0 saturated carbocycles. The van der Waals surface area contributed by atoms with Crippen LogP contribution in [0.2, 0.25) is 0 Å². The maximum Gasteiger partial charge on any atom is 0.270 e. The van der Waals surface area contributed by atoms with Crippen molar-refractivity contribution in [3.8, 4) is 16.9 Å². The molecule has 0 bridgehead atoms. The maximum absolute atomic E-state index is 14.2. The summed E-state index contributed by atoms with van der Waals surface area (Å²) in [6, 6.07) is 15.9. The zero-order chi connectivity index (χ0) is 24.5. The predicted molar refractivity (Wildman–Crippen MR) is 131 cm³/mol. The van der Waals surface area contributed by atoms with Gasteiger partial charge in [-0.3, -0.25) is 4.79 Å². The highest BCUT2D eigenvalue weighted by atomic mass is 32.1. The van der Waals surface area contributed by atoms with Crippen molar-refractivity contribution in [1.29, 1.82) is 0 Å². The number of halogens is 2. The van der Waals surface area contributed by atoms with E-state index in [-0.39, 0.29) is 29.9 Å². The lowest BCUT2D eigenvalue weighted by Gasteiger charge is -2.17. The SMILES string of the molecule is Cc1nn(Cc2cccc3nsnc23)c(=O)c(CCc2cccc(F)c2)c1-c1cccc(F)c1O. The summed E-state index contributed by atoms with van der Waals surface area (Å²) in [6.07, 6.45) is 0.629. The minimum absolute atomic E-state index is 0.171. The van der Waals surface area contributed by atoms with Gasteiger partial charge in [0.1, 0.15) is 16.9 Å². The van der Waals surface area contributed by atoms with Crippen LogP contribution in [0, 0.1) is 18.6 Å². The number of nitrogens with zero attached hydrogens (tertiary/aromatic N) is 4. The van der Waals surface area contributed by atoms with Crippen molar-refractivity contribution in [2.24, 2.45) is 0 Å². The van der Waals surface area contributed by atoms with Crippen molar-refractivity contribution in [3.63, 3.8) is 0 Å². The van der Waals surface area contributed by atoms with Crippen LogP contribution in [-0.2, 0) is 19.4 Å². The molecule has 0 radical (unpaired) electrons. The third kappa shape index (κ3) is 4.42. The van der Waals surface area contributed by atoms with Crippen molar-refractivity contribution in [3.05, 3.63) is 105 Å². The Kier molecular flexibility index (Phi) is 6.08. The van der Waals surface area contributed by atoms with E-state index < -0.39 is 11.6 Å². The smallest absolute Gasteiger partial charge is 0.270 e. The van der Waals surface area contributed by atoms with Crippen LogP contribution in [0.4, 0.5) is 8.78 Å². The Morgan fingerprint density at radius 2 is 1.80 bits per heavy atom. The molecule has 5 aromatic rings. The summed E-state index contributed by atoms with van der Waals surface area (Å²) in [5, 5.41) is 14.9. The molecule has 0 aliphatic carbocycles. The lowest BCUT2D eigenvalue weighted by atomic mass is 9.94. The summed E-state index contributed by atoms with van der Waals surface area (Å²) in [6.45, 7) is 1.89. The Balaban J connectivity index is 1.64. The van der Waals surface area contributed by atoms with Crippen molar-refractivity contribution >= 4 is 22.8 Å². The van der Waals surface area contributed by atoms with Gasteiger partial charge in [0, 0.05) is 22.3 Å². The van der Waals surface area contributed by atoms with Crippen LogP contribution < -0.4 is 5.56 Å². The number of aromatic nitrogens is 4. The molecule has 35 heavy (non-hydrogen) atoms. The number of fused-ring (bicyclic) bond motifs is 1. The minimum Gasteiger partial charge on any atom is -0.504 e. The van der Waals surface area contributed by atoms with E-state index in [2.05, 4.69) is 13.8 Å². The number of hydrogen-bond donors (Lipinski definition) is 1. The zero-order valence-corrected chi connectivity index (χ0v) is 19.5. The van der Waals surface area contributed by atoms with E-state index >= 15 is 0 Å². The maximum atomic E-state index is 14.2. The average Bonchev–Trinajstić information content (AvgIpc) is 3.32. The first-order chi connectivity index (χ1) is 16.9. The second kappa shape index (κ2) is 9.34. The fourth-order valence-corrected chi connectivity index (χ4v) is 4.85. The van der Waals surface area contributed by atoms with E-state index in [1.165, 1.54) is 22.9 Å². The Bertz CT molecular complexity index is 1610. The monoisotopic (exact) mass is 490 g/mol. The number of phenolic OH excluding ortho intramolecular Hbond substituents is 1. The Morgan fingerprint density at radius 3 is 2.63 bits per heavy atom. The van der Waals surface area contributed by atoms with Crippen LogP contribution in [0.1, 0.15) is 22.4 Å². The van der Waals surface area contributed by atoms with Crippen LogP contribution in [0.15, 0.2) is 65.5 Å². The summed E-state index contributed by atoms with van der Waals surface area (Å²) in [7, 11) is 0. The quantitative estimate of drug-likeness (QED) is 0.361. The molecule has 0 fully saturated rings. The van der Waals surface area contributed by atoms with E-state index in [0.717, 1.165) is 34.4 Å². The molecule has 0 aliphatic heterocycles. The predicted octanol–water partition coefficient (Wildman–Crippen LogP) is 5.04. The van der Waals surface area contributed by atoms with Crippen LogP contribution >= 0.6 is 11.7 Å². The van der Waals surface area contributed by atoms with Crippen LogP contribution in [0.3, 0.4) is 0 Å². The van der Waals surface area contributed by atoms with Crippen LogP contribution in [-0.4, -0.2) is 23.6 Å². The zero-order valence-electron chi connectivity index (χ0n) is 18.7. The van der Waals surface area contributed by atoms with Gasteiger partial charge in [-0.1, -0.05) is 36.4 Å². The molecule has 6 nitrogen and oxygen atoms in total. The Hall–Kier alpha value is -3.98. The van der Waals surface area contributed by atoms with Crippen molar-refractivity contribution in [2.45, 2.75) is 26.3 Å². The van der Waals surface area contributed by atoms with Gasteiger partial charge >= 0.3 is 0 Å². The first-order valence-electron chi connectivity index (χ1n) is 11.0. The van der Waals surface area contributed by atoms with Gasteiger partial charge in [-0.25, -0.2) is 13.5 Å². The van der Waals surface area contributed by atoms with Gasteiger partial charge in [0.25, 0.3) is 5.56 Å². The topological polar surface area (TPSA) is 80.9 Å². The standard InChI is InChI=1S/C26H20F2N4O2S/c1-15-23(19-8-4-9-21(28)25(19)33)20(12-11-16-5-2-7-18(27)13-16)26(34)32(29-15)14-17-6-3-10-22-24(17)31-35-30-22/h2-10,13,33H,11-12,14H2,1H3. The highest BCUT2D eigenvalue weighted by Crippen LogP contribution is 2.34. The molecule has 5 rings (SSSR count). The highest BCUT2D eigenvalue weighted by molar-refractivity contribution is 7.00. The largest absolute Gasteiger partial charge is 0.504 e. The minimum atomic E-state index is -0.787. The normalized spacial score (nSPS) is 11.3. The number of benzene rings is 3. The highest BCUT2D eigenvalue weighted by Gasteiger charge is 2.21. The second-order valence-electron chi connectivity index (χ2n) is 8.22. The van der Waals surface area contributed by atoms with Gasteiger partial charge in [-0.2, -0.15) is 13.8 Å². The van der Waals surface area contributed by atoms with Gasteiger partial charge in [0.15, 0.2) is 11.6 Å². The summed E-state index contributed by atoms with van der Waals surface area (Å²) in [5.41, 5.74) is 4.00. The Labute approximate surface area is 203 Å². The fraction of sp³-hybridized carbons (Fsp3) is 0.154. The molecule has 3 aromatic carbocycles. The van der Waals surface area contributed by atoms with E-state index in [9.17, 15) is 18.7 Å². The summed E-state index contributed by atoms with van der Waals surface area (Å²) < 4.78 is 37.9. The average molecular weight is 491 g/mol. The third-order valence-electron chi connectivity index (χ3n) is 5.93. The molecule has 0 spiro atoms. The first kappa shape index (κ1) is 22.8. The lowest BCUT2D eigenvalue weighted by Crippen LogP contribution is -2.29.